The number of hydrogen-bond donors (Lipinski definition) is 3. The zero-order valence-corrected chi connectivity index (χ0v) is 29.8. The molecular formula is C37H48F6N2O8. The van der Waals surface area contributed by atoms with Gasteiger partial charge < -0.3 is 49.3 Å². The molecule has 16 heteroatoms. The van der Waals surface area contributed by atoms with Gasteiger partial charge in [-0.05, 0) is 30.0 Å². The van der Waals surface area contributed by atoms with Gasteiger partial charge in [0.05, 0.1) is 33.5 Å². The van der Waals surface area contributed by atoms with Gasteiger partial charge in [-0.15, -0.1) is 0 Å². The number of benzene rings is 3. The highest BCUT2D eigenvalue weighted by Gasteiger charge is 2.71. The van der Waals surface area contributed by atoms with E-state index in [1.54, 1.807) is 0 Å². The number of hydrogen-bond acceptors (Lipinski definition) is 10. The third kappa shape index (κ3) is 12.9. The Kier molecular flexibility index (Phi) is 17.9. The van der Waals surface area contributed by atoms with Crippen molar-refractivity contribution < 1.29 is 64.6 Å². The average molecular weight is 763 g/mol. The van der Waals surface area contributed by atoms with E-state index in [2.05, 4.69) is 5.32 Å². The smallest absolute Gasteiger partial charge is 0.430 e. The molecule has 0 radical (unpaired) electrons. The molecule has 10 nitrogen and oxygen atoms in total. The Hall–Kier alpha value is -3.32. The fraction of sp³-hybridized carbons (Fsp3) is 0.514. The Bertz CT molecular complexity index is 1440. The Balaban J connectivity index is 2.04. The molecule has 0 amide bonds. The molecule has 0 aliphatic carbocycles. The van der Waals surface area contributed by atoms with E-state index in [0.717, 1.165) is 24.3 Å². The van der Waals surface area contributed by atoms with Gasteiger partial charge in [-0.3, -0.25) is 0 Å². The van der Waals surface area contributed by atoms with Gasteiger partial charge in [-0.25, -0.2) is 0 Å². The number of halogens is 6. The van der Waals surface area contributed by atoms with Crippen LogP contribution >= 0.6 is 0 Å². The van der Waals surface area contributed by atoms with Gasteiger partial charge in [0.1, 0.15) is 31.5 Å². The first-order valence-corrected chi connectivity index (χ1v) is 16.7. The lowest BCUT2D eigenvalue weighted by Crippen LogP contribution is -2.56. The second-order valence-corrected chi connectivity index (χ2v) is 12.1. The van der Waals surface area contributed by atoms with Crippen molar-refractivity contribution in [3.05, 3.63) is 101 Å². The monoisotopic (exact) mass is 762 g/mol. The molecule has 4 atom stereocenters. The predicted molar refractivity (Wildman–Crippen MR) is 183 cm³/mol. The van der Waals surface area contributed by atoms with Crippen LogP contribution in [0, 0.1) is 0 Å². The van der Waals surface area contributed by atoms with Crippen LogP contribution in [0.5, 0.6) is 5.75 Å². The lowest BCUT2D eigenvalue weighted by atomic mass is 9.90. The number of alkyl halides is 6. The zero-order chi connectivity index (χ0) is 38.9. The van der Waals surface area contributed by atoms with Crippen LogP contribution in [0.3, 0.4) is 0 Å². The first-order chi connectivity index (χ1) is 25.3. The minimum atomic E-state index is -6.06. The number of rotatable bonds is 24. The number of nitrogens with one attached hydrogen (secondary N) is 1. The van der Waals surface area contributed by atoms with Crippen molar-refractivity contribution in [2.45, 2.75) is 61.6 Å². The molecule has 0 fully saturated rings. The second kappa shape index (κ2) is 21.5. The molecule has 0 unspecified atom stereocenters. The summed E-state index contributed by atoms with van der Waals surface area (Å²) in [4.78, 5) is 0. The minimum Gasteiger partial charge on any atom is -0.496 e. The summed E-state index contributed by atoms with van der Waals surface area (Å²) in [7, 11) is 4.16. The summed E-state index contributed by atoms with van der Waals surface area (Å²) in [5, 5.41) is 13.3. The van der Waals surface area contributed by atoms with E-state index in [9.17, 15) is 31.4 Å². The summed E-state index contributed by atoms with van der Waals surface area (Å²) >= 11 is 0. The molecule has 0 heterocycles. The van der Waals surface area contributed by atoms with Crippen LogP contribution in [0.2, 0.25) is 0 Å². The van der Waals surface area contributed by atoms with Gasteiger partial charge in [0, 0.05) is 44.0 Å². The lowest BCUT2D eigenvalue weighted by molar-refractivity contribution is -0.376. The maximum Gasteiger partial charge on any atom is 0.430 e. The molecule has 3 rings (SSSR count). The van der Waals surface area contributed by atoms with Crippen molar-refractivity contribution in [2.75, 3.05) is 61.3 Å². The van der Waals surface area contributed by atoms with E-state index >= 15 is 0 Å². The van der Waals surface area contributed by atoms with Crippen LogP contribution in [-0.2, 0) is 53.4 Å². The Morgan fingerprint density at radius 3 is 1.68 bits per heavy atom. The summed E-state index contributed by atoms with van der Waals surface area (Å²) < 4.78 is 121. The van der Waals surface area contributed by atoms with Crippen molar-refractivity contribution in [1.82, 2.24) is 5.32 Å². The maximum absolute atomic E-state index is 13.7. The maximum atomic E-state index is 13.7. The fourth-order valence-corrected chi connectivity index (χ4v) is 5.58. The van der Waals surface area contributed by atoms with E-state index in [1.807, 2.05) is 60.7 Å². The van der Waals surface area contributed by atoms with E-state index in [1.165, 1.54) is 14.2 Å². The molecule has 0 saturated carbocycles. The Labute approximate surface area is 305 Å². The third-order valence-electron chi connectivity index (χ3n) is 8.39. The standard InChI is InChI=1S/C37H48F6N2O8/c1-47-16-18-50-24-52-33(30(44)20-26-10-6-4-7-11-26)34(53-25-51-19-17-48-2)31(21-27-12-8-5-9-13-27)45-23-28-14-15-29(22-32(28)49-3)35(46,36(38,39)40)37(41,42)43/h4-15,22,30-31,33-34,45-46H,16-21,23-25,44H2,1-3H3/t30-,31-,33+,34+/m1/s1. The van der Waals surface area contributed by atoms with Crippen LogP contribution in [0.1, 0.15) is 22.3 Å². The van der Waals surface area contributed by atoms with Crippen molar-refractivity contribution in [3.63, 3.8) is 0 Å². The topological polar surface area (TPSA) is 123 Å². The highest BCUT2D eigenvalue weighted by atomic mass is 19.4. The van der Waals surface area contributed by atoms with E-state index in [4.69, 9.17) is 38.9 Å². The summed E-state index contributed by atoms with van der Waals surface area (Å²) in [5.41, 5.74) is 2.29. The zero-order valence-electron chi connectivity index (χ0n) is 29.8. The van der Waals surface area contributed by atoms with E-state index in [-0.39, 0.29) is 44.7 Å². The average Bonchev–Trinajstić information content (AvgIpc) is 3.13. The summed E-state index contributed by atoms with van der Waals surface area (Å²) in [6, 6.07) is 19.6. The van der Waals surface area contributed by atoms with Crippen LogP contribution in [0.15, 0.2) is 78.9 Å². The number of nitrogens with two attached hydrogens (primary N) is 1. The molecule has 0 aliphatic heterocycles. The van der Waals surface area contributed by atoms with Gasteiger partial charge in [0.25, 0.3) is 5.60 Å². The van der Waals surface area contributed by atoms with Crippen molar-refractivity contribution in [1.29, 1.82) is 0 Å². The largest absolute Gasteiger partial charge is 0.496 e. The molecule has 0 saturated heterocycles. The number of methoxy groups -OCH3 is 3. The summed E-state index contributed by atoms with van der Waals surface area (Å²) in [6.45, 7) is 0.584. The van der Waals surface area contributed by atoms with Gasteiger partial charge in [-0.2, -0.15) is 26.3 Å². The molecule has 0 spiro atoms. The lowest BCUT2D eigenvalue weighted by Gasteiger charge is -2.37. The highest BCUT2D eigenvalue weighted by molar-refractivity contribution is 5.41. The van der Waals surface area contributed by atoms with Crippen LogP contribution in [0.25, 0.3) is 0 Å². The van der Waals surface area contributed by atoms with Crippen molar-refractivity contribution >= 4 is 0 Å². The molecule has 4 N–H and O–H groups in total. The SMILES string of the molecule is COCCOCO[C@H]([C@@H](OCOCCOC)[C@@H](Cc1ccccc1)NCc1ccc(C(O)(C(F)(F)F)C(F)(F)F)cc1OC)[C@H](N)Cc1ccccc1. The van der Waals surface area contributed by atoms with Crippen molar-refractivity contribution in [2.24, 2.45) is 5.73 Å². The highest BCUT2D eigenvalue weighted by Crippen LogP contribution is 2.50. The van der Waals surface area contributed by atoms with Gasteiger partial charge in [-0.1, -0.05) is 72.8 Å². The Morgan fingerprint density at radius 1 is 0.679 bits per heavy atom. The van der Waals surface area contributed by atoms with Crippen molar-refractivity contribution in [3.8, 4) is 5.75 Å². The summed E-state index contributed by atoms with van der Waals surface area (Å²) in [5.74, 6) is -0.319. The molecule has 296 valence electrons. The molecule has 0 bridgehead atoms. The first kappa shape index (κ1) is 44.1. The molecule has 0 aliphatic rings. The Morgan fingerprint density at radius 2 is 1.19 bits per heavy atom. The quantitative estimate of drug-likeness (QED) is 0.0631. The molecular weight excluding hydrogens is 714 g/mol. The van der Waals surface area contributed by atoms with E-state index < -0.39 is 47.8 Å². The van der Waals surface area contributed by atoms with Crippen LogP contribution in [-0.4, -0.2) is 103 Å². The predicted octanol–water partition coefficient (Wildman–Crippen LogP) is 5.29. The molecule has 3 aromatic carbocycles. The first-order valence-electron chi connectivity index (χ1n) is 16.7. The molecule has 0 aromatic heterocycles. The van der Waals surface area contributed by atoms with E-state index in [0.29, 0.717) is 38.2 Å². The number of aliphatic hydroxyl groups is 1. The minimum absolute atomic E-state index is 0.118. The molecule has 3 aromatic rings. The fourth-order valence-electron chi connectivity index (χ4n) is 5.58. The van der Waals surface area contributed by atoms with Gasteiger partial charge in [0.2, 0.25) is 0 Å². The van der Waals surface area contributed by atoms with Crippen LogP contribution < -0.4 is 15.8 Å². The number of ether oxygens (including phenoxy) is 7. The van der Waals surface area contributed by atoms with Crippen LogP contribution in [0.4, 0.5) is 26.3 Å². The second-order valence-electron chi connectivity index (χ2n) is 12.1. The van der Waals surface area contributed by atoms with Gasteiger partial charge in [0.15, 0.2) is 0 Å². The normalized spacial score (nSPS) is 14.8. The third-order valence-corrected chi connectivity index (χ3v) is 8.39. The molecule has 53 heavy (non-hydrogen) atoms. The summed E-state index contributed by atoms with van der Waals surface area (Å²) in [6.07, 6.45) is -13.1. The van der Waals surface area contributed by atoms with Gasteiger partial charge >= 0.3 is 12.4 Å².